The Labute approximate surface area is 215 Å². The third kappa shape index (κ3) is 10.3. The number of hydrogen-bond donors (Lipinski definition) is 7. The zero-order valence-corrected chi connectivity index (χ0v) is 21.4. The van der Waals surface area contributed by atoms with Gasteiger partial charge in [-0.05, 0) is 38.1 Å². The summed E-state index contributed by atoms with van der Waals surface area (Å²) in [6, 6.07) is -4.39. The maximum absolute atomic E-state index is 12.8. The summed E-state index contributed by atoms with van der Waals surface area (Å²) in [4.78, 5) is 74.3. The van der Waals surface area contributed by atoms with Crippen LogP contribution in [0.3, 0.4) is 0 Å². The molecule has 4 amide bonds. The van der Waals surface area contributed by atoms with Crippen LogP contribution in [0.4, 0.5) is 0 Å². The number of hydrogen-bond acceptors (Lipinski definition) is 8. The number of likely N-dealkylation sites (tertiary alicyclic amines) is 1. The normalized spacial score (nSPS) is 18.3. The third-order valence-corrected chi connectivity index (χ3v) is 6.36. The number of rotatable bonds is 16. The highest BCUT2D eigenvalue weighted by molar-refractivity contribution is 5.95. The second kappa shape index (κ2) is 15.8. The van der Waals surface area contributed by atoms with Gasteiger partial charge in [0.05, 0.1) is 19.0 Å². The maximum atomic E-state index is 12.8. The number of aliphatic carboxylic acids is 2. The summed E-state index contributed by atoms with van der Waals surface area (Å²) in [5.41, 5.74) is 11.4. The van der Waals surface area contributed by atoms with E-state index < -0.39 is 72.7 Å². The molecule has 0 saturated carbocycles. The summed E-state index contributed by atoms with van der Waals surface area (Å²) < 4.78 is 0. The molecule has 0 spiro atoms. The molecular formula is C23H40N6O8. The molecule has 1 fully saturated rings. The van der Waals surface area contributed by atoms with E-state index in [9.17, 15) is 39.0 Å². The van der Waals surface area contributed by atoms with Crippen molar-refractivity contribution in [2.24, 2.45) is 17.4 Å². The fourth-order valence-corrected chi connectivity index (χ4v) is 3.99. The third-order valence-electron chi connectivity index (χ3n) is 6.36. The predicted molar refractivity (Wildman–Crippen MR) is 132 cm³/mol. The van der Waals surface area contributed by atoms with Gasteiger partial charge in [0.2, 0.25) is 23.6 Å². The number of nitrogens with zero attached hydrogens (tertiary/aromatic N) is 1. The lowest BCUT2D eigenvalue weighted by Gasteiger charge is -2.27. The average molecular weight is 529 g/mol. The van der Waals surface area contributed by atoms with Gasteiger partial charge in [-0.3, -0.25) is 24.0 Å². The van der Waals surface area contributed by atoms with E-state index in [-0.39, 0.29) is 18.9 Å². The van der Waals surface area contributed by atoms with Crippen molar-refractivity contribution >= 4 is 35.6 Å². The molecule has 0 aromatic heterocycles. The monoisotopic (exact) mass is 528 g/mol. The Kier molecular flexibility index (Phi) is 13.5. The molecule has 0 aliphatic carbocycles. The van der Waals surface area contributed by atoms with Crippen molar-refractivity contribution in [1.29, 1.82) is 0 Å². The number of carbonyl (C=O) groups is 6. The molecule has 1 aliphatic heterocycles. The highest BCUT2D eigenvalue weighted by Gasteiger charge is 2.38. The molecule has 0 unspecified atom stereocenters. The zero-order valence-electron chi connectivity index (χ0n) is 21.4. The molecule has 0 radical (unpaired) electrons. The standard InChI is InChI=1S/C23H40N6O8/c1-3-13(2)19(28-20(33)14(25)7-4-5-9-24)21(34)26-12-17(30)27-15(11-18(31)32)22(35)29-10-6-8-16(29)23(36)37/h13-16,19H,3-12,24-25H2,1-2H3,(H,26,34)(H,27,30)(H,28,33)(H,31,32)(H,36,37)/t13-,14-,15-,16-,19-/m0/s1. The van der Waals surface area contributed by atoms with Gasteiger partial charge in [0.1, 0.15) is 18.1 Å². The number of carboxylic acid groups (broad SMARTS) is 2. The molecule has 14 nitrogen and oxygen atoms in total. The van der Waals surface area contributed by atoms with Crippen LogP contribution in [0.25, 0.3) is 0 Å². The van der Waals surface area contributed by atoms with Gasteiger partial charge in [-0.1, -0.05) is 26.7 Å². The van der Waals surface area contributed by atoms with Crippen molar-refractivity contribution in [2.75, 3.05) is 19.6 Å². The molecule has 0 aromatic carbocycles. The fourth-order valence-electron chi connectivity index (χ4n) is 3.99. The number of unbranched alkanes of at least 4 members (excludes halogenated alkanes) is 1. The van der Waals surface area contributed by atoms with Gasteiger partial charge in [-0.2, -0.15) is 0 Å². The van der Waals surface area contributed by atoms with Crippen LogP contribution in [0.2, 0.25) is 0 Å². The van der Waals surface area contributed by atoms with E-state index in [4.69, 9.17) is 11.5 Å². The number of amides is 4. The summed E-state index contributed by atoms with van der Waals surface area (Å²) >= 11 is 0. The van der Waals surface area contributed by atoms with Crippen molar-refractivity contribution < 1.29 is 39.0 Å². The summed E-state index contributed by atoms with van der Waals surface area (Å²) in [6.45, 7) is 3.60. The van der Waals surface area contributed by atoms with Crippen LogP contribution in [0.15, 0.2) is 0 Å². The van der Waals surface area contributed by atoms with E-state index in [0.717, 1.165) is 4.90 Å². The van der Waals surface area contributed by atoms with Gasteiger partial charge < -0.3 is 42.5 Å². The molecule has 9 N–H and O–H groups in total. The van der Waals surface area contributed by atoms with Gasteiger partial charge >= 0.3 is 11.9 Å². The molecule has 1 aliphatic rings. The van der Waals surface area contributed by atoms with E-state index in [1.54, 1.807) is 6.92 Å². The minimum atomic E-state index is -1.50. The molecule has 1 saturated heterocycles. The first-order valence-electron chi connectivity index (χ1n) is 12.5. The van der Waals surface area contributed by atoms with Gasteiger partial charge in [0, 0.05) is 6.54 Å². The summed E-state index contributed by atoms with van der Waals surface area (Å²) in [5, 5.41) is 25.8. The first kappa shape index (κ1) is 31.8. The van der Waals surface area contributed by atoms with Crippen LogP contribution in [-0.2, 0) is 28.8 Å². The van der Waals surface area contributed by atoms with Crippen molar-refractivity contribution in [2.45, 2.75) is 83.0 Å². The number of nitrogens with one attached hydrogen (secondary N) is 3. The first-order valence-corrected chi connectivity index (χ1v) is 12.5. The van der Waals surface area contributed by atoms with E-state index in [2.05, 4.69) is 16.0 Å². The molecule has 0 aromatic rings. The quantitative estimate of drug-likeness (QED) is 0.110. The van der Waals surface area contributed by atoms with E-state index in [1.165, 1.54) is 0 Å². The molecule has 210 valence electrons. The number of nitrogens with two attached hydrogens (primary N) is 2. The Morgan fingerprint density at radius 2 is 1.73 bits per heavy atom. The molecular weight excluding hydrogens is 488 g/mol. The lowest BCUT2D eigenvalue weighted by atomic mass is 9.97. The van der Waals surface area contributed by atoms with E-state index >= 15 is 0 Å². The highest BCUT2D eigenvalue weighted by Crippen LogP contribution is 2.19. The lowest BCUT2D eigenvalue weighted by molar-refractivity contribution is -0.150. The molecule has 0 bridgehead atoms. The van der Waals surface area contributed by atoms with E-state index in [0.29, 0.717) is 38.6 Å². The fraction of sp³-hybridized carbons (Fsp3) is 0.739. The van der Waals surface area contributed by atoms with Gasteiger partial charge in [-0.25, -0.2) is 4.79 Å². The Balaban J connectivity index is 2.78. The number of carbonyl (C=O) groups excluding carboxylic acids is 4. The first-order chi connectivity index (χ1) is 17.4. The minimum absolute atomic E-state index is 0.128. The Morgan fingerprint density at radius 3 is 2.30 bits per heavy atom. The van der Waals surface area contributed by atoms with Crippen molar-refractivity contribution in [3.05, 3.63) is 0 Å². The van der Waals surface area contributed by atoms with Crippen LogP contribution >= 0.6 is 0 Å². The second-order valence-electron chi connectivity index (χ2n) is 9.23. The summed E-state index contributed by atoms with van der Waals surface area (Å²) in [5.74, 6) is -5.67. The summed E-state index contributed by atoms with van der Waals surface area (Å²) in [6.07, 6.45) is 2.23. The molecule has 5 atom stereocenters. The Bertz CT molecular complexity index is 838. The van der Waals surface area contributed by atoms with Crippen molar-refractivity contribution in [3.63, 3.8) is 0 Å². The molecule has 1 heterocycles. The van der Waals surface area contributed by atoms with E-state index in [1.807, 2.05) is 6.92 Å². The Morgan fingerprint density at radius 1 is 1.05 bits per heavy atom. The van der Waals surface area contributed by atoms with Crippen molar-refractivity contribution in [1.82, 2.24) is 20.9 Å². The highest BCUT2D eigenvalue weighted by atomic mass is 16.4. The van der Waals surface area contributed by atoms with Gasteiger partial charge in [-0.15, -0.1) is 0 Å². The van der Waals surface area contributed by atoms with Gasteiger partial charge in [0.15, 0.2) is 0 Å². The van der Waals surface area contributed by atoms with Gasteiger partial charge in [0.25, 0.3) is 0 Å². The van der Waals surface area contributed by atoms with Crippen LogP contribution < -0.4 is 27.4 Å². The van der Waals surface area contributed by atoms with Crippen LogP contribution in [-0.4, -0.2) is 94.5 Å². The summed E-state index contributed by atoms with van der Waals surface area (Å²) in [7, 11) is 0. The van der Waals surface area contributed by atoms with Crippen LogP contribution in [0.1, 0.15) is 58.8 Å². The minimum Gasteiger partial charge on any atom is -0.481 e. The van der Waals surface area contributed by atoms with Crippen molar-refractivity contribution in [3.8, 4) is 0 Å². The van der Waals surface area contributed by atoms with Crippen LogP contribution in [0.5, 0.6) is 0 Å². The predicted octanol–water partition coefficient (Wildman–Crippen LogP) is -1.88. The SMILES string of the molecule is CC[C@H](C)[C@H](NC(=O)[C@@H](N)CCCCN)C(=O)NCC(=O)N[C@@H](CC(=O)O)C(=O)N1CCC[C@H]1C(=O)O. The lowest BCUT2D eigenvalue weighted by Crippen LogP contribution is -2.56. The molecule has 1 rings (SSSR count). The zero-order chi connectivity index (χ0) is 28.1. The number of carboxylic acids is 2. The Hall–Kier alpha value is -3.26. The smallest absolute Gasteiger partial charge is 0.326 e. The maximum Gasteiger partial charge on any atom is 0.326 e. The largest absolute Gasteiger partial charge is 0.481 e. The average Bonchev–Trinajstić information content (AvgIpc) is 3.34. The topological polar surface area (TPSA) is 234 Å². The second-order valence-corrected chi connectivity index (χ2v) is 9.23. The molecule has 14 heteroatoms. The molecule has 37 heavy (non-hydrogen) atoms. The van der Waals surface area contributed by atoms with Crippen LogP contribution in [0, 0.1) is 5.92 Å².